The lowest BCUT2D eigenvalue weighted by atomic mass is 10.3. The number of carbonyl (C=O) groups is 1. The van der Waals surface area contributed by atoms with Crippen molar-refractivity contribution in [2.75, 3.05) is 6.54 Å². The van der Waals surface area contributed by atoms with Gasteiger partial charge in [-0.1, -0.05) is 0 Å². The summed E-state index contributed by atoms with van der Waals surface area (Å²) < 4.78 is 4.84. The van der Waals surface area contributed by atoms with E-state index < -0.39 is 6.09 Å². The van der Waals surface area contributed by atoms with Crippen molar-refractivity contribution in [3.63, 3.8) is 0 Å². The molecular formula is C8H18N3O2+. The quantitative estimate of drug-likeness (QED) is 0.294. The minimum Gasteiger partial charge on any atom is -0.447 e. The normalized spacial score (nSPS) is 9.77. The number of hydrogen-bond acceptors (Lipinski definition) is 2. The van der Waals surface area contributed by atoms with Crippen LogP contribution in [0.15, 0.2) is 0 Å². The first-order valence-corrected chi connectivity index (χ1v) is 4.33. The molecule has 0 aromatic carbocycles. The summed E-state index contributed by atoms with van der Waals surface area (Å²) >= 11 is 0. The largest absolute Gasteiger partial charge is 0.447 e. The fourth-order valence-corrected chi connectivity index (χ4v) is 0.739. The molecule has 1 amide bonds. The molecule has 0 saturated heterocycles. The standard InChI is InChI=1S/C8H17N3O2/c1-6(2)13-8(12)11-5-3-4-7(9)10/h6H,3-5H2,1-2H3,(H3,9,10)(H,11,12)/p+1. The van der Waals surface area contributed by atoms with E-state index in [2.05, 4.69) is 5.32 Å². The van der Waals surface area contributed by atoms with Crippen LogP contribution in [0.25, 0.3) is 0 Å². The highest BCUT2D eigenvalue weighted by Gasteiger charge is 2.03. The van der Waals surface area contributed by atoms with E-state index in [1.54, 1.807) is 13.8 Å². The lowest BCUT2D eigenvalue weighted by Gasteiger charge is -2.08. The van der Waals surface area contributed by atoms with Gasteiger partial charge in [-0.3, -0.25) is 11.1 Å². The van der Waals surface area contributed by atoms with Crippen LogP contribution >= 0.6 is 0 Å². The molecule has 0 spiro atoms. The fourth-order valence-electron chi connectivity index (χ4n) is 0.739. The van der Waals surface area contributed by atoms with Gasteiger partial charge >= 0.3 is 6.09 Å². The fraction of sp³-hybridized carbons (Fsp3) is 0.750. The molecule has 0 atom stereocenters. The van der Waals surface area contributed by atoms with Crippen LogP contribution < -0.4 is 16.5 Å². The smallest absolute Gasteiger partial charge is 0.407 e. The van der Waals surface area contributed by atoms with Crippen molar-refractivity contribution >= 4 is 11.9 Å². The Hall–Kier alpha value is -1.26. The van der Waals surface area contributed by atoms with Crippen molar-refractivity contribution < 1.29 is 14.9 Å². The molecule has 5 heteroatoms. The maximum absolute atomic E-state index is 10.9. The second-order valence-corrected chi connectivity index (χ2v) is 3.06. The molecule has 0 aliphatic heterocycles. The molecule has 0 saturated carbocycles. The first-order chi connectivity index (χ1) is 6.02. The number of hydrogen-bond donors (Lipinski definition) is 3. The highest BCUT2D eigenvalue weighted by molar-refractivity contribution is 5.73. The Bertz CT molecular complexity index is 180. The molecule has 5 nitrogen and oxygen atoms in total. The predicted octanol–water partition coefficient (Wildman–Crippen LogP) is -0.982. The highest BCUT2D eigenvalue weighted by Crippen LogP contribution is 1.89. The van der Waals surface area contributed by atoms with Crippen LogP contribution in [0.2, 0.25) is 0 Å². The lowest BCUT2D eigenvalue weighted by molar-refractivity contribution is -0.118. The summed E-state index contributed by atoms with van der Waals surface area (Å²) in [4.78, 5) is 10.9. The summed E-state index contributed by atoms with van der Waals surface area (Å²) in [6.07, 6.45) is 0.856. The minimum atomic E-state index is -0.398. The zero-order valence-electron chi connectivity index (χ0n) is 8.17. The number of carbonyl (C=O) groups excluding carboxylic acids is 1. The van der Waals surface area contributed by atoms with Crippen LogP contribution in [0, 0.1) is 0 Å². The predicted molar refractivity (Wildman–Crippen MR) is 50.0 cm³/mol. The Morgan fingerprint density at radius 1 is 1.62 bits per heavy atom. The molecule has 0 heterocycles. The van der Waals surface area contributed by atoms with E-state index in [9.17, 15) is 4.79 Å². The Morgan fingerprint density at radius 3 is 2.69 bits per heavy atom. The van der Waals surface area contributed by atoms with Gasteiger partial charge in [0.25, 0.3) is 0 Å². The highest BCUT2D eigenvalue weighted by atomic mass is 16.6. The summed E-state index contributed by atoms with van der Waals surface area (Å²) in [5.41, 5.74) is 5.24. The molecule has 76 valence electrons. The molecule has 0 aromatic rings. The Labute approximate surface area is 78.1 Å². The van der Waals surface area contributed by atoms with Gasteiger partial charge in [0.2, 0.25) is 5.84 Å². The SMILES string of the molecule is CC(C)OC(=O)NCCCC(N)=[NH2+]. The summed E-state index contributed by atoms with van der Waals surface area (Å²) in [5, 5.41) is 7.82. The van der Waals surface area contributed by atoms with E-state index in [0.29, 0.717) is 18.8 Å². The molecule has 0 fully saturated rings. The van der Waals surface area contributed by atoms with Gasteiger partial charge in [0.1, 0.15) is 0 Å². The summed E-state index contributed by atoms with van der Waals surface area (Å²) in [7, 11) is 0. The van der Waals surface area contributed by atoms with Crippen LogP contribution in [0.5, 0.6) is 0 Å². The average Bonchev–Trinajstić information content (AvgIpc) is 1.96. The maximum Gasteiger partial charge on any atom is 0.407 e. The van der Waals surface area contributed by atoms with Crippen molar-refractivity contribution in [2.24, 2.45) is 5.73 Å². The zero-order valence-corrected chi connectivity index (χ0v) is 8.17. The number of amidine groups is 1. The number of nitrogens with two attached hydrogens (primary N) is 2. The van der Waals surface area contributed by atoms with Gasteiger partial charge in [0, 0.05) is 13.0 Å². The van der Waals surface area contributed by atoms with Crippen LogP contribution in [0.4, 0.5) is 4.79 Å². The molecule has 0 unspecified atom stereocenters. The molecular weight excluding hydrogens is 170 g/mol. The molecule has 0 aliphatic carbocycles. The van der Waals surface area contributed by atoms with Crippen LogP contribution in [-0.2, 0) is 4.74 Å². The van der Waals surface area contributed by atoms with Crippen LogP contribution in [-0.4, -0.2) is 24.6 Å². The summed E-state index contributed by atoms with van der Waals surface area (Å²) in [6, 6.07) is 0. The van der Waals surface area contributed by atoms with E-state index in [1.807, 2.05) is 0 Å². The number of alkyl carbamates (subject to hydrolysis) is 1. The van der Waals surface area contributed by atoms with E-state index in [-0.39, 0.29) is 6.10 Å². The maximum atomic E-state index is 10.9. The molecule has 13 heavy (non-hydrogen) atoms. The van der Waals surface area contributed by atoms with Gasteiger partial charge in [0.05, 0.1) is 6.10 Å². The van der Waals surface area contributed by atoms with Crippen molar-refractivity contribution in [2.45, 2.75) is 32.8 Å². The first-order valence-electron chi connectivity index (χ1n) is 4.33. The van der Waals surface area contributed by atoms with Gasteiger partial charge in [-0.2, -0.15) is 0 Å². The lowest BCUT2D eigenvalue weighted by Crippen LogP contribution is -2.45. The van der Waals surface area contributed by atoms with Gasteiger partial charge in [-0.05, 0) is 20.3 Å². The monoisotopic (exact) mass is 188 g/mol. The molecule has 0 rings (SSSR count). The van der Waals surface area contributed by atoms with Gasteiger partial charge < -0.3 is 10.1 Å². The third-order valence-corrected chi connectivity index (χ3v) is 1.25. The second kappa shape index (κ2) is 6.28. The number of rotatable bonds is 5. The van der Waals surface area contributed by atoms with E-state index in [0.717, 1.165) is 6.42 Å². The van der Waals surface area contributed by atoms with Crippen molar-refractivity contribution in [1.29, 1.82) is 0 Å². The third-order valence-electron chi connectivity index (χ3n) is 1.25. The average molecular weight is 188 g/mol. The Morgan fingerprint density at radius 2 is 2.23 bits per heavy atom. The van der Waals surface area contributed by atoms with Crippen molar-refractivity contribution in [3.8, 4) is 0 Å². The Balaban J connectivity index is 3.32. The van der Waals surface area contributed by atoms with E-state index >= 15 is 0 Å². The third kappa shape index (κ3) is 8.65. The summed E-state index contributed by atoms with van der Waals surface area (Å²) in [5.74, 6) is 0.388. The van der Waals surface area contributed by atoms with Gasteiger partial charge in [0.15, 0.2) is 0 Å². The molecule has 5 N–H and O–H groups in total. The van der Waals surface area contributed by atoms with E-state index in [1.165, 1.54) is 0 Å². The zero-order chi connectivity index (χ0) is 10.3. The van der Waals surface area contributed by atoms with Gasteiger partial charge in [-0.15, -0.1) is 0 Å². The summed E-state index contributed by atoms with van der Waals surface area (Å²) in [6.45, 7) is 4.12. The number of amides is 1. The molecule has 0 bridgehead atoms. The molecule has 0 aliphatic rings. The van der Waals surface area contributed by atoms with Gasteiger partial charge in [-0.25, -0.2) is 4.79 Å². The van der Waals surface area contributed by atoms with Crippen molar-refractivity contribution in [3.05, 3.63) is 0 Å². The number of nitrogens with one attached hydrogen (secondary N) is 1. The second-order valence-electron chi connectivity index (χ2n) is 3.06. The van der Waals surface area contributed by atoms with E-state index in [4.69, 9.17) is 15.9 Å². The van der Waals surface area contributed by atoms with Crippen molar-refractivity contribution in [1.82, 2.24) is 5.32 Å². The topological polar surface area (TPSA) is 89.9 Å². The molecule has 0 aromatic heterocycles. The Kier molecular flexibility index (Phi) is 5.67. The first kappa shape index (κ1) is 11.7. The van der Waals surface area contributed by atoms with Crippen LogP contribution in [0.1, 0.15) is 26.7 Å². The number of ether oxygens (including phenoxy) is 1. The minimum absolute atomic E-state index is 0.0915. The van der Waals surface area contributed by atoms with Crippen LogP contribution in [0.3, 0.4) is 0 Å². The molecule has 0 radical (unpaired) electrons.